The number of hydrogen-bond donors (Lipinski definition) is 1. The van der Waals surface area contributed by atoms with E-state index in [1.165, 1.54) is 0 Å². The molecule has 2 aromatic heterocycles. The summed E-state index contributed by atoms with van der Waals surface area (Å²) in [6, 6.07) is 3.83. The van der Waals surface area contributed by atoms with Crippen LogP contribution < -0.4 is 0 Å². The molecule has 3 rings (SSSR count). The van der Waals surface area contributed by atoms with Crippen LogP contribution in [0.5, 0.6) is 0 Å². The predicted molar refractivity (Wildman–Crippen MR) is 73.0 cm³/mol. The Kier molecular flexibility index (Phi) is 2.71. The predicted octanol–water partition coefficient (Wildman–Crippen LogP) is 2.97. The Morgan fingerprint density at radius 2 is 2.32 bits per heavy atom. The molecule has 0 unspecified atom stereocenters. The average molecular weight is 254 g/mol. The average Bonchev–Trinajstić information content (AvgIpc) is 2.71. The maximum Gasteiger partial charge on any atom is 0.338 e. The minimum absolute atomic E-state index is 0.398. The molecule has 0 radical (unpaired) electrons. The van der Waals surface area contributed by atoms with Crippen LogP contribution in [0, 0.1) is 6.92 Å². The number of fused-ring (bicyclic) bond motifs is 1. The SMILES string of the molecule is Cc1c(C(=O)O)c2n(c1-c1cccnc1)CCC=C2. The number of rotatable bonds is 2. The molecule has 96 valence electrons. The highest BCUT2D eigenvalue weighted by atomic mass is 16.4. The fraction of sp³-hybridized carbons (Fsp3) is 0.200. The first kappa shape index (κ1) is 11.7. The lowest BCUT2D eigenvalue weighted by Gasteiger charge is -2.14. The van der Waals surface area contributed by atoms with Crippen molar-refractivity contribution in [3.63, 3.8) is 0 Å². The van der Waals surface area contributed by atoms with Gasteiger partial charge in [-0.15, -0.1) is 0 Å². The van der Waals surface area contributed by atoms with E-state index in [0.717, 1.165) is 35.5 Å². The number of allylic oxidation sites excluding steroid dienone is 1. The molecule has 4 heteroatoms. The fourth-order valence-corrected chi connectivity index (χ4v) is 2.72. The summed E-state index contributed by atoms with van der Waals surface area (Å²) in [4.78, 5) is 15.6. The van der Waals surface area contributed by atoms with Gasteiger partial charge < -0.3 is 9.67 Å². The minimum atomic E-state index is -0.872. The lowest BCUT2D eigenvalue weighted by Crippen LogP contribution is -2.07. The highest BCUT2D eigenvalue weighted by Crippen LogP contribution is 2.33. The molecule has 0 aliphatic carbocycles. The molecule has 1 N–H and O–H groups in total. The Morgan fingerprint density at radius 1 is 1.47 bits per heavy atom. The van der Waals surface area contributed by atoms with Crippen molar-refractivity contribution in [1.29, 1.82) is 0 Å². The third-order valence-corrected chi connectivity index (χ3v) is 3.49. The Hall–Kier alpha value is -2.36. The summed E-state index contributed by atoms with van der Waals surface area (Å²) in [6.45, 7) is 2.68. The summed E-state index contributed by atoms with van der Waals surface area (Å²) in [5.41, 5.74) is 3.92. The van der Waals surface area contributed by atoms with Gasteiger partial charge in [0.05, 0.1) is 17.0 Å². The van der Waals surface area contributed by atoms with Crippen LogP contribution in [0.1, 0.15) is 28.0 Å². The second kappa shape index (κ2) is 4.39. The number of hydrogen-bond acceptors (Lipinski definition) is 2. The van der Waals surface area contributed by atoms with Crippen LogP contribution in [0.25, 0.3) is 17.3 Å². The third kappa shape index (κ3) is 1.76. The maximum absolute atomic E-state index is 11.5. The Balaban J connectivity index is 2.32. The number of carboxylic acids is 1. The number of pyridine rings is 1. The molecule has 0 saturated heterocycles. The summed E-state index contributed by atoms with van der Waals surface area (Å²) < 4.78 is 2.08. The van der Waals surface area contributed by atoms with E-state index in [-0.39, 0.29) is 0 Å². The van der Waals surface area contributed by atoms with Crippen LogP contribution in [0.2, 0.25) is 0 Å². The molecular formula is C15H14N2O2. The first-order chi connectivity index (χ1) is 9.20. The molecule has 1 aliphatic heterocycles. The summed E-state index contributed by atoms with van der Waals surface area (Å²) in [6.07, 6.45) is 8.35. The monoisotopic (exact) mass is 254 g/mol. The number of carboxylic acid groups (broad SMARTS) is 1. The van der Waals surface area contributed by atoms with Crippen molar-refractivity contribution in [2.24, 2.45) is 0 Å². The van der Waals surface area contributed by atoms with Gasteiger partial charge in [0.1, 0.15) is 0 Å². The standard InChI is InChI=1S/C15H14N2O2/c1-10-13(15(18)19)12-6-2-3-8-17(12)14(10)11-5-4-7-16-9-11/h2,4-7,9H,3,8H2,1H3,(H,18,19). The van der Waals surface area contributed by atoms with Gasteiger partial charge in [-0.3, -0.25) is 4.98 Å². The molecule has 1 aliphatic rings. The van der Waals surface area contributed by atoms with E-state index in [1.54, 1.807) is 12.4 Å². The van der Waals surface area contributed by atoms with Crippen molar-refractivity contribution in [2.45, 2.75) is 19.9 Å². The zero-order chi connectivity index (χ0) is 13.4. The number of carbonyl (C=O) groups is 1. The molecule has 0 saturated carbocycles. The quantitative estimate of drug-likeness (QED) is 0.896. The Morgan fingerprint density at radius 3 is 3.00 bits per heavy atom. The van der Waals surface area contributed by atoms with E-state index < -0.39 is 5.97 Å². The molecule has 4 nitrogen and oxygen atoms in total. The number of nitrogens with zero attached hydrogens (tertiary/aromatic N) is 2. The van der Waals surface area contributed by atoms with Gasteiger partial charge in [-0.2, -0.15) is 0 Å². The van der Waals surface area contributed by atoms with Crippen LogP contribution in [0.15, 0.2) is 30.6 Å². The van der Waals surface area contributed by atoms with Crippen LogP contribution in [0.3, 0.4) is 0 Å². The molecule has 2 aromatic rings. The third-order valence-electron chi connectivity index (χ3n) is 3.49. The normalized spacial score (nSPS) is 13.3. The van der Waals surface area contributed by atoms with Gasteiger partial charge in [-0.05, 0) is 37.1 Å². The van der Waals surface area contributed by atoms with Crippen LogP contribution in [-0.4, -0.2) is 20.6 Å². The highest BCUT2D eigenvalue weighted by molar-refractivity contribution is 5.96. The van der Waals surface area contributed by atoms with E-state index in [2.05, 4.69) is 9.55 Å². The topological polar surface area (TPSA) is 55.1 Å². The lowest BCUT2D eigenvalue weighted by molar-refractivity contribution is 0.0696. The first-order valence-electron chi connectivity index (χ1n) is 6.23. The van der Waals surface area contributed by atoms with Crippen LogP contribution in [-0.2, 0) is 6.54 Å². The molecule has 0 spiro atoms. The van der Waals surface area contributed by atoms with E-state index in [9.17, 15) is 9.90 Å². The van der Waals surface area contributed by atoms with E-state index >= 15 is 0 Å². The maximum atomic E-state index is 11.5. The van der Waals surface area contributed by atoms with Crippen LogP contribution in [0.4, 0.5) is 0 Å². The summed E-state index contributed by atoms with van der Waals surface area (Å²) >= 11 is 0. The number of aromatic carboxylic acids is 1. The molecule has 19 heavy (non-hydrogen) atoms. The Labute approximate surface area is 111 Å². The summed E-state index contributed by atoms with van der Waals surface area (Å²) in [5, 5.41) is 9.42. The van der Waals surface area contributed by atoms with Crippen molar-refractivity contribution < 1.29 is 9.90 Å². The van der Waals surface area contributed by atoms with E-state index in [1.807, 2.05) is 31.2 Å². The van der Waals surface area contributed by atoms with E-state index in [0.29, 0.717) is 5.56 Å². The van der Waals surface area contributed by atoms with Gasteiger partial charge in [-0.1, -0.05) is 6.08 Å². The fourth-order valence-electron chi connectivity index (χ4n) is 2.72. The molecule has 0 amide bonds. The van der Waals surface area contributed by atoms with Crippen molar-refractivity contribution >= 4 is 12.0 Å². The Bertz CT molecular complexity index is 669. The molecule has 0 aromatic carbocycles. The van der Waals surface area contributed by atoms with Gasteiger partial charge in [0, 0.05) is 24.5 Å². The minimum Gasteiger partial charge on any atom is -0.478 e. The van der Waals surface area contributed by atoms with Gasteiger partial charge >= 0.3 is 5.97 Å². The molecule has 0 fully saturated rings. The zero-order valence-corrected chi connectivity index (χ0v) is 10.6. The smallest absolute Gasteiger partial charge is 0.338 e. The summed E-state index contributed by atoms with van der Waals surface area (Å²) in [7, 11) is 0. The largest absolute Gasteiger partial charge is 0.478 e. The zero-order valence-electron chi connectivity index (χ0n) is 10.6. The van der Waals surface area contributed by atoms with Gasteiger partial charge in [-0.25, -0.2) is 4.79 Å². The highest BCUT2D eigenvalue weighted by Gasteiger charge is 2.24. The van der Waals surface area contributed by atoms with Crippen molar-refractivity contribution in [3.8, 4) is 11.3 Å². The van der Waals surface area contributed by atoms with Gasteiger partial charge in [0.2, 0.25) is 0 Å². The molecule has 0 atom stereocenters. The summed E-state index contributed by atoms with van der Waals surface area (Å²) in [5.74, 6) is -0.872. The van der Waals surface area contributed by atoms with Gasteiger partial charge in [0.25, 0.3) is 0 Å². The second-order valence-corrected chi connectivity index (χ2v) is 4.62. The molecular weight excluding hydrogens is 240 g/mol. The lowest BCUT2D eigenvalue weighted by atomic mass is 10.1. The van der Waals surface area contributed by atoms with Crippen molar-refractivity contribution in [3.05, 3.63) is 47.4 Å². The second-order valence-electron chi connectivity index (χ2n) is 4.62. The molecule has 0 bridgehead atoms. The van der Waals surface area contributed by atoms with Gasteiger partial charge in [0.15, 0.2) is 0 Å². The number of aromatic nitrogens is 2. The van der Waals surface area contributed by atoms with E-state index in [4.69, 9.17) is 0 Å². The first-order valence-corrected chi connectivity index (χ1v) is 6.23. The van der Waals surface area contributed by atoms with Crippen LogP contribution >= 0.6 is 0 Å². The van der Waals surface area contributed by atoms with Crippen molar-refractivity contribution in [2.75, 3.05) is 0 Å². The molecule has 3 heterocycles. The van der Waals surface area contributed by atoms with Crippen molar-refractivity contribution in [1.82, 2.24) is 9.55 Å².